The van der Waals surface area contributed by atoms with Crippen LogP contribution in [0.2, 0.25) is 0 Å². The van der Waals surface area contributed by atoms with Gasteiger partial charge in [0.2, 0.25) is 0 Å². The standard InChI is InChI=1S/C70H51N/c1-6-22-49-44(17-1)39-59-54(49)27-11-32-64(59)69(65-33-12-28-55-50-23-7-2-18-45(50)40-60(55)65)37-16-38-70(66-34-13-29-56-51-24-8-3-19-46(51)41-61(56)66,67-35-14-30-57-52-25-9-4-20-47(52)42-62(57)67)71(69)68-36-15-31-58-53-26-10-5-21-48(53)43-63(58)68/h1-15,17-36H,16,37-43H2. The lowest BCUT2D eigenvalue weighted by atomic mass is 9.61. The van der Waals surface area contributed by atoms with Crippen LogP contribution in [0.4, 0.5) is 5.69 Å². The van der Waals surface area contributed by atoms with Crippen LogP contribution in [0.5, 0.6) is 0 Å². The highest BCUT2D eigenvalue weighted by Crippen LogP contribution is 2.64. The first-order valence-corrected chi connectivity index (χ1v) is 26.0. The van der Waals surface area contributed by atoms with Gasteiger partial charge in [0.1, 0.15) is 0 Å². The van der Waals surface area contributed by atoms with Gasteiger partial charge in [-0.15, -0.1) is 0 Å². The SMILES string of the molecule is c1ccc2c(c1)Cc1c-2cccc1N1C(c2cccc3c2Cc2ccccc2-3)(c2cccc3c2Cc2ccccc2-3)CCCC1(c1cccc2c1Cc1ccccc1-2)c1cccc2c1Cc1ccccc1-2. The largest absolute Gasteiger partial charge is 0.344 e. The van der Waals surface area contributed by atoms with E-state index in [1.807, 2.05) is 0 Å². The van der Waals surface area contributed by atoms with E-state index in [0.717, 1.165) is 51.4 Å². The summed E-state index contributed by atoms with van der Waals surface area (Å²) in [5.74, 6) is 0. The van der Waals surface area contributed by atoms with Gasteiger partial charge in [-0.3, -0.25) is 0 Å². The maximum absolute atomic E-state index is 3.16. The van der Waals surface area contributed by atoms with Crippen molar-refractivity contribution in [1.82, 2.24) is 0 Å². The van der Waals surface area contributed by atoms with Gasteiger partial charge in [0.25, 0.3) is 0 Å². The van der Waals surface area contributed by atoms with Crippen molar-refractivity contribution in [3.8, 4) is 55.6 Å². The normalized spacial score (nSPS) is 16.2. The lowest BCUT2D eigenvalue weighted by molar-refractivity contribution is 0.246. The highest BCUT2D eigenvalue weighted by Gasteiger charge is 2.59. The van der Waals surface area contributed by atoms with E-state index in [1.54, 1.807) is 0 Å². The first kappa shape index (κ1) is 39.8. The zero-order chi connectivity index (χ0) is 46.4. The molecule has 16 rings (SSSR count). The molecule has 0 amide bonds. The van der Waals surface area contributed by atoms with Crippen molar-refractivity contribution < 1.29 is 0 Å². The monoisotopic (exact) mass is 905 g/mol. The second-order valence-corrected chi connectivity index (χ2v) is 21.2. The van der Waals surface area contributed by atoms with E-state index in [2.05, 4.69) is 217 Å². The van der Waals surface area contributed by atoms with Gasteiger partial charge in [0, 0.05) is 12.1 Å². The molecule has 0 spiro atoms. The summed E-state index contributed by atoms with van der Waals surface area (Å²) in [6.07, 6.45) is 7.59. The number of nitrogens with zero attached hydrogens (tertiary/aromatic N) is 1. The van der Waals surface area contributed by atoms with E-state index < -0.39 is 11.1 Å². The molecule has 10 aromatic carbocycles. The van der Waals surface area contributed by atoms with Gasteiger partial charge in [-0.25, -0.2) is 0 Å². The van der Waals surface area contributed by atoms with Crippen LogP contribution in [-0.2, 0) is 43.2 Å². The topological polar surface area (TPSA) is 3.24 Å². The summed E-state index contributed by atoms with van der Waals surface area (Å²) in [5, 5.41) is 0. The molecule has 71 heavy (non-hydrogen) atoms. The summed E-state index contributed by atoms with van der Waals surface area (Å²) in [6, 6.07) is 83.1. The van der Waals surface area contributed by atoms with E-state index in [-0.39, 0.29) is 0 Å². The Morgan fingerprint density at radius 3 is 0.817 bits per heavy atom. The van der Waals surface area contributed by atoms with Gasteiger partial charge in [0.15, 0.2) is 0 Å². The van der Waals surface area contributed by atoms with E-state index in [4.69, 9.17) is 0 Å². The van der Waals surface area contributed by atoms with Crippen LogP contribution in [0.25, 0.3) is 55.6 Å². The fourth-order valence-corrected chi connectivity index (χ4v) is 15.4. The Balaban J connectivity index is 1.09. The number of fused-ring (bicyclic) bond motifs is 15. The number of hydrogen-bond acceptors (Lipinski definition) is 1. The molecule has 0 atom stereocenters. The Morgan fingerprint density at radius 1 is 0.239 bits per heavy atom. The van der Waals surface area contributed by atoms with Crippen LogP contribution in [0.1, 0.15) is 97.2 Å². The summed E-state index contributed by atoms with van der Waals surface area (Å²) < 4.78 is 0. The number of benzene rings is 10. The lowest BCUT2D eigenvalue weighted by Gasteiger charge is -2.62. The molecule has 1 nitrogen and oxygen atoms in total. The third-order valence-corrected chi connectivity index (χ3v) is 18.1. The zero-order valence-corrected chi connectivity index (χ0v) is 39.8. The molecule has 6 aliphatic rings. The molecule has 0 saturated carbocycles. The third kappa shape index (κ3) is 5.31. The first-order valence-electron chi connectivity index (χ1n) is 26.0. The number of anilines is 1. The third-order valence-electron chi connectivity index (χ3n) is 18.1. The maximum atomic E-state index is 3.16. The van der Waals surface area contributed by atoms with Gasteiger partial charge < -0.3 is 4.90 Å². The van der Waals surface area contributed by atoms with Crippen LogP contribution < -0.4 is 4.90 Å². The van der Waals surface area contributed by atoms with Crippen molar-refractivity contribution in [3.63, 3.8) is 0 Å². The highest BCUT2D eigenvalue weighted by atomic mass is 15.3. The molecule has 0 radical (unpaired) electrons. The van der Waals surface area contributed by atoms with Crippen LogP contribution in [0.3, 0.4) is 0 Å². The van der Waals surface area contributed by atoms with Gasteiger partial charge in [-0.05, 0) is 185 Å². The fourth-order valence-electron chi connectivity index (χ4n) is 15.4. The fraction of sp³-hybridized carbons (Fsp3) is 0.143. The summed E-state index contributed by atoms with van der Waals surface area (Å²) in [5.41, 5.74) is 34.3. The van der Waals surface area contributed by atoms with Crippen LogP contribution in [0.15, 0.2) is 212 Å². The Morgan fingerprint density at radius 2 is 0.493 bits per heavy atom. The highest BCUT2D eigenvalue weighted by molar-refractivity contribution is 5.89. The Bertz CT molecular complexity index is 3520. The van der Waals surface area contributed by atoms with E-state index in [1.165, 1.54) is 139 Å². The molecule has 0 bridgehead atoms. The van der Waals surface area contributed by atoms with Crippen molar-refractivity contribution in [2.45, 2.75) is 62.4 Å². The predicted octanol–water partition coefficient (Wildman–Crippen LogP) is 16.4. The van der Waals surface area contributed by atoms with Crippen LogP contribution in [0, 0.1) is 0 Å². The summed E-state index contributed by atoms with van der Waals surface area (Å²) in [4.78, 5) is 3.16. The molecule has 1 fully saturated rings. The second kappa shape index (κ2) is 14.8. The molecule has 336 valence electrons. The molecule has 1 heteroatoms. The van der Waals surface area contributed by atoms with Gasteiger partial charge in [-0.1, -0.05) is 206 Å². The molecular formula is C70H51N. The number of hydrogen-bond donors (Lipinski definition) is 0. The molecule has 1 heterocycles. The van der Waals surface area contributed by atoms with Gasteiger partial charge >= 0.3 is 0 Å². The molecule has 10 aromatic rings. The van der Waals surface area contributed by atoms with E-state index >= 15 is 0 Å². The van der Waals surface area contributed by atoms with Gasteiger partial charge in [-0.2, -0.15) is 0 Å². The van der Waals surface area contributed by atoms with Crippen LogP contribution in [-0.4, -0.2) is 0 Å². The summed E-state index contributed by atoms with van der Waals surface area (Å²) in [7, 11) is 0. The average molecular weight is 906 g/mol. The smallest absolute Gasteiger partial charge is 0.0924 e. The van der Waals surface area contributed by atoms with Crippen molar-refractivity contribution >= 4 is 5.69 Å². The lowest BCUT2D eigenvalue weighted by Crippen LogP contribution is -2.63. The first-order chi connectivity index (χ1) is 35.2. The Labute approximate surface area is 416 Å². The molecule has 5 aliphatic carbocycles. The van der Waals surface area contributed by atoms with E-state index in [9.17, 15) is 0 Å². The Hall–Kier alpha value is -8.00. The van der Waals surface area contributed by atoms with Crippen LogP contribution >= 0.6 is 0 Å². The predicted molar refractivity (Wildman–Crippen MR) is 291 cm³/mol. The summed E-state index contributed by atoms with van der Waals surface area (Å²) in [6.45, 7) is 0. The molecule has 0 aromatic heterocycles. The van der Waals surface area contributed by atoms with Crippen molar-refractivity contribution in [3.05, 3.63) is 290 Å². The summed E-state index contributed by atoms with van der Waals surface area (Å²) >= 11 is 0. The van der Waals surface area contributed by atoms with Crippen molar-refractivity contribution in [1.29, 1.82) is 0 Å². The minimum absolute atomic E-state index is 0.606. The zero-order valence-electron chi connectivity index (χ0n) is 39.8. The molecule has 0 N–H and O–H groups in total. The number of piperidine rings is 1. The van der Waals surface area contributed by atoms with Gasteiger partial charge in [0.05, 0.1) is 11.1 Å². The average Bonchev–Trinajstić information content (AvgIpc) is 4.27. The molecule has 0 unspecified atom stereocenters. The molecule has 1 aliphatic heterocycles. The quantitative estimate of drug-likeness (QED) is 0.166. The maximum Gasteiger partial charge on any atom is 0.0924 e. The van der Waals surface area contributed by atoms with Crippen molar-refractivity contribution in [2.24, 2.45) is 0 Å². The molecular weight excluding hydrogens is 855 g/mol. The second-order valence-electron chi connectivity index (χ2n) is 21.2. The molecule has 1 saturated heterocycles. The minimum Gasteiger partial charge on any atom is -0.344 e. The Kier molecular flexibility index (Phi) is 8.28. The minimum atomic E-state index is -0.606. The van der Waals surface area contributed by atoms with Crippen molar-refractivity contribution in [2.75, 3.05) is 4.90 Å². The number of rotatable bonds is 5. The van der Waals surface area contributed by atoms with E-state index in [0.29, 0.717) is 0 Å².